The molecular weight excluding hydrogens is 370 g/mol. The van der Waals surface area contributed by atoms with Crippen LogP contribution < -0.4 is 0 Å². The minimum Gasteiger partial charge on any atom is -0.264 e. The van der Waals surface area contributed by atoms with Crippen molar-refractivity contribution in [1.29, 1.82) is 0 Å². The molecule has 25 heavy (non-hydrogen) atoms. The quantitative estimate of drug-likeness (QED) is 0.437. The van der Waals surface area contributed by atoms with E-state index in [1.807, 2.05) is 60.7 Å². The van der Waals surface area contributed by atoms with Gasteiger partial charge in [-0.1, -0.05) is 100 Å². The molecule has 0 bridgehead atoms. The molecule has 126 valence electrons. The Labute approximate surface area is 158 Å². The van der Waals surface area contributed by atoms with Gasteiger partial charge in [0.15, 0.2) is 0 Å². The average molecular weight is 392 g/mol. The van der Waals surface area contributed by atoms with E-state index in [4.69, 9.17) is 0 Å². The summed E-state index contributed by atoms with van der Waals surface area (Å²) >= 11 is 3.43. The molecular formula is C23H22BrN. The first-order valence-electron chi connectivity index (χ1n) is 8.17. The van der Waals surface area contributed by atoms with Gasteiger partial charge in [0.2, 0.25) is 0 Å². The summed E-state index contributed by atoms with van der Waals surface area (Å²) in [4.78, 5) is 4.10. The summed E-state index contributed by atoms with van der Waals surface area (Å²) in [6, 6.07) is 28.7. The number of hydrogen-bond acceptors (Lipinski definition) is 1. The summed E-state index contributed by atoms with van der Waals surface area (Å²) in [5, 5.41) is 0. The number of halogens is 1. The molecule has 0 fully saturated rings. The molecule has 0 radical (unpaired) electrons. The molecule has 0 amide bonds. The first-order chi connectivity index (χ1) is 12.2. The van der Waals surface area contributed by atoms with Crippen LogP contribution in [-0.4, -0.2) is 6.72 Å². The van der Waals surface area contributed by atoms with Crippen molar-refractivity contribution in [2.75, 3.05) is 0 Å². The van der Waals surface area contributed by atoms with Crippen molar-refractivity contribution in [2.24, 2.45) is 4.99 Å². The van der Waals surface area contributed by atoms with Crippen LogP contribution >= 0.6 is 15.9 Å². The van der Waals surface area contributed by atoms with Gasteiger partial charge in [0, 0.05) is 4.47 Å². The molecule has 0 heterocycles. The first kappa shape index (κ1) is 18.9. The fraction of sp³-hybridized carbons (Fsp3) is 0.0870. The lowest BCUT2D eigenvalue weighted by molar-refractivity contribution is 1.26. The third-order valence-corrected chi connectivity index (χ3v) is 4.15. The average Bonchev–Trinajstić information content (AvgIpc) is 2.66. The molecule has 2 heteroatoms. The van der Waals surface area contributed by atoms with Crippen molar-refractivity contribution in [3.05, 3.63) is 112 Å². The Morgan fingerprint density at radius 2 is 1.44 bits per heavy atom. The molecule has 0 saturated heterocycles. The minimum absolute atomic E-state index is 0.866. The predicted molar refractivity (Wildman–Crippen MR) is 113 cm³/mol. The normalized spacial score (nSPS) is 10.6. The molecule has 0 N–H and O–H groups in total. The van der Waals surface area contributed by atoms with E-state index < -0.39 is 0 Å². The van der Waals surface area contributed by atoms with Crippen molar-refractivity contribution in [3.8, 4) is 0 Å². The summed E-state index contributed by atoms with van der Waals surface area (Å²) in [6.45, 7) is 5.73. The number of allylic oxidation sites excluding steroid dienone is 1. The van der Waals surface area contributed by atoms with Crippen LogP contribution in [0.4, 0.5) is 0 Å². The van der Waals surface area contributed by atoms with Crippen LogP contribution in [0, 0.1) is 6.92 Å². The highest BCUT2D eigenvalue weighted by atomic mass is 79.9. The van der Waals surface area contributed by atoms with Crippen LogP contribution in [0.5, 0.6) is 0 Å². The highest BCUT2D eigenvalue weighted by Crippen LogP contribution is 2.19. The Bertz CT molecular complexity index is 791. The zero-order valence-corrected chi connectivity index (χ0v) is 16.0. The van der Waals surface area contributed by atoms with E-state index in [9.17, 15) is 0 Å². The van der Waals surface area contributed by atoms with Crippen LogP contribution in [0.15, 0.2) is 100 Å². The lowest BCUT2D eigenvalue weighted by Gasteiger charge is -2.02. The standard InChI is InChI=1S/C16H14BrN.C7H8/c1-18-16(14-8-10-15(17)11-9-14)12-7-13-5-3-2-4-6-13;1-7-5-3-2-4-6-7/h2-6,8-12H,1,7H2;2-6H,1H3/b16-12-;. The maximum atomic E-state index is 4.10. The molecule has 0 unspecified atom stereocenters. The Morgan fingerprint density at radius 3 is 1.92 bits per heavy atom. The number of aliphatic imine (C=N–C) groups is 1. The maximum Gasteiger partial charge on any atom is 0.0658 e. The molecule has 0 aliphatic rings. The maximum absolute atomic E-state index is 4.10. The molecule has 0 aliphatic heterocycles. The number of nitrogens with zero attached hydrogens (tertiary/aromatic N) is 1. The topological polar surface area (TPSA) is 12.4 Å². The van der Waals surface area contributed by atoms with Crippen LogP contribution in [0.2, 0.25) is 0 Å². The highest BCUT2D eigenvalue weighted by Gasteiger charge is 1.98. The van der Waals surface area contributed by atoms with Gasteiger partial charge in [0.05, 0.1) is 5.70 Å². The van der Waals surface area contributed by atoms with Crippen LogP contribution in [0.3, 0.4) is 0 Å². The monoisotopic (exact) mass is 391 g/mol. The smallest absolute Gasteiger partial charge is 0.0658 e. The largest absolute Gasteiger partial charge is 0.264 e. The SMILES string of the molecule is C=N/C(=C\Cc1ccccc1)c1ccc(Br)cc1.Cc1ccccc1. The van der Waals surface area contributed by atoms with Crippen molar-refractivity contribution >= 4 is 28.3 Å². The molecule has 0 atom stereocenters. The zero-order chi connectivity index (χ0) is 17.9. The second-order valence-electron chi connectivity index (χ2n) is 5.60. The number of aryl methyl sites for hydroxylation is 1. The Hall–Kier alpha value is -2.45. The molecule has 3 aromatic carbocycles. The van der Waals surface area contributed by atoms with Gasteiger partial charge in [-0.05, 0) is 43.3 Å². The second kappa shape index (κ2) is 10.4. The van der Waals surface area contributed by atoms with Gasteiger partial charge in [-0.15, -0.1) is 0 Å². The second-order valence-corrected chi connectivity index (χ2v) is 6.51. The van der Waals surface area contributed by atoms with E-state index in [0.717, 1.165) is 22.2 Å². The van der Waals surface area contributed by atoms with Crippen LogP contribution in [0.1, 0.15) is 16.7 Å². The van der Waals surface area contributed by atoms with Gasteiger partial charge >= 0.3 is 0 Å². The van der Waals surface area contributed by atoms with Crippen molar-refractivity contribution in [2.45, 2.75) is 13.3 Å². The summed E-state index contributed by atoms with van der Waals surface area (Å²) < 4.78 is 1.07. The van der Waals surface area contributed by atoms with E-state index >= 15 is 0 Å². The van der Waals surface area contributed by atoms with Gasteiger partial charge < -0.3 is 0 Å². The van der Waals surface area contributed by atoms with Crippen LogP contribution in [0.25, 0.3) is 5.70 Å². The van der Waals surface area contributed by atoms with Crippen molar-refractivity contribution < 1.29 is 0 Å². The predicted octanol–water partition coefficient (Wildman–Crippen LogP) is 6.73. The first-order valence-corrected chi connectivity index (χ1v) is 8.97. The minimum atomic E-state index is 0.866. The Morgan fingerprint density at radius 1 is 0.880 bits per heavy atom. The Kier molecular flexibility index (Phi) is 7.87. The van der Waals surface area contributed by atoms with Gasteiger partial charge in [0.25, 0.3) is 0 Å². The molecule has 1 nitrogen and oxygen atoms in total. The van der Waals surface area contributed by atoms with Gasteiger partial charge in [-0.25, -0.2) is 0 Å². The third kappa shape index (κ3) is 6.90. The fourth-order valence-corrected chi connectivity index (χ4v) is 2.52. The molecule has 3 rings (SSSR count). The summed E-state index contributed by atoms with van der Waals surface area (Å²) in [6.07, 6.45) is 2.97. The zero-order valence-electron chi connectivity index (χ0n) is 14.4. The Balaban J connectivity index is 0.000000269. The van der Waals surface area contributed by atoms with E-state index in [2.05, 4.69) is 64.9 Å². The number of benzene rings is 3. The fourth-order valence-electron chi connectivity index (χ4n) is 2.26. The summed E-state index contributed by atoms with van der Waals surface area (Å²) in [7, 11) is 0. The summed E-state index contributed by atoms with van der Waals surface area (Å²) in [5.41, 5.74) is 4.61. The van der Waals surface area contributed by atoms with E-state index in [0.29, 0.717) is 0 Å². The van der Waals surface area contributed by atoms with Crippen molar-refractivity contribution in [3.63, 3.8) is 0 Å². The molecule has 0 saturated carbocycles. The molecule has 0 aliphatic carbocycles. The lowest BCUT2D eigenvalue weighted by atomic mass is 10.1. The third-order valence-electron chi connectivity index (χ3n) is 3.62. The van der Waals surface area contributed by atoms with E-state index in [-0.39, 0.29) is 0 Å². The lowest BCUT2D eigenvalue weighted by Crippen LogP contribution is -1.84. The van der Waals surface area contributed by atoms with Crippen LogP contribution in [-0.2, 0) is 6.42 Å². The highest BCUT2D eigenvalue weighted by molar-refractivity contribution is 9.10. The van der Waals surface area contributed by atoms with Gasteiger partial charge in [0.1, 0.15) is 0 Å². The summed E-state index contributed by atoms with van der Waals surface area (Å²) in [5.74, 6) is 0. The molecule has 3 aromatic rings. The van der Waals surface area contributed by atoms with E-state index in [1.54, 1.807) is 0 Å². The molecule has 0 aromatic heterocycles. The van der Waals surface area contributed by atoms with Gasteiger partial charge in [-0.3, -0.25) is 4.99 Å². The van der Waals surface area contributed by atoms with E-state index in [1.165, 1.54) is 11.1 Å². The molecule has 0 spiro atoms. The van der Waals surface area contributed by atoms with Gasteiger partial charge in [-0.2, -0.15) is 0 Å². The number of rotatable bonds is 4. The van der Waals surface area contributed by atoms with Crippen molar-refractivity contribution in [1.82, 2.24) is 0 Å². The number of hydrogen-bond donors (Lipinski definition) is 0.